The topological polar surface area (TPSA) is 0 Å². The lowest BCUT2D eigenvalue weighted by atomic mass is 9.65. The monoisotopic (exact) mass is 354 g/mol. The fraction of sp³-hybridized carbons (Fsp3) is 0.769. The molecular weight excluding hydrogens is 312 g/mol. The molecule has 0 radical (unpaired) electrons. The Labute approximate surface area is 163 Å². The summed E-state index contributed by atoms with van der Waals surface area (Å²) in [6.45, 7) is 7.17. The molecule has 0 bridgehead atoms. The highest BCUT2D eigenvalue weighted by molar-refractivity contribution is 5.26. The van der Waals surface area contributed by atoms with Gasteiger partial charge in [0.1, 0.15) is 0 Å². The summed E-state index contributed by atoms with van der Waals surface area (Å²) in [5.41, 5.74) is 3.14. The van der Waals surface area contributed by atoms with E-state index in [1.807, 2.05) is 0 Å². The number of aryl methyl sites for hydroxylation is 1. The Morgan fingerprint density at radius 3 is 2.12 bits per heavy atom. The van der Waals surface area contributed by atoms with E-state index in [1.54, 1.807) is 5.56 Å². The Kier molecular flexibility index (Phi) is 7.64. The molecule has 0 heteroatoms. The second-order valence-corrected chi connectivity index (χ2v) is 9.57. The molecule has 1 aromatic rings. The van der Waals surface area contributed by atoms with Gasteiger partial charge >= 0.3 is 0 Å². The summed E-state index contributed by atoms with van der Waals surface area (Å²) in [6.07, 6.45) is 17.2. The summed E-state index contributed by atoms with van der Waals surface area (Å²) in [5.74, 6) is 4.79. The van der Waals surface area contributed by atoms with Gasteiger partial charge in [-0.05, 0) is 85.7 Å². The smallest absolute Gasteiger partial charge is 0.0136 e. The van der Waals surface area contributed by atoms with Gasteiger partial charge in [-0.3, -0.25) is 0 Å². The standard InChI is InChI=1S/C26H42/c1-4-6-8-22-11-15-24(16-12-22)26-18-17-25(19-20(26)3)23-13-9-21(7-5-2)10-14-23/h11-12,15-16,20-21,23,25-26H,4-10,13-14,17-19H2,1-3H3/t20?,21-,23-,25?,26?. The molecule has 1 aromatic carbocycles. The van der Waals surface area contributed by atoms with E-state index in [0.717, 1.165) is 29.6 Å². The Morgan fingerprint density at radius 2 is 1.50 bits per heavy atom. The van der Waals surface area contributed by atoms with Gasteiger partial charge in [0.05, 0.1) is 0 Å². The van der Waals surface area contributed by atoms with Crippen LogP contribution in [0.5, 0.6) is 0 Å². The van der Waals surface area contributed by atoms with Gasteiger partial charge in [0, 0.05) is 0 Å². The van der Waals surface area contributed by atoms with E-state index in [4.69, 9.17) is 0 Å². The van der Waals surface area contributed by atoms with Crippen molar-refractivity contribution in [3.63, 3.8) is 0 Å². The molecule has 2 aliphatic carbocycles. The van der Waals surface area contributed by atoms with E-state index >= 15 is 0 Å². The Bertz CT molecular complexity index is 505. The van der Waals surface area contributed by atoms with Crippen molar-refractivity contribution in [2.45, 2.75) is 104 Å². The first-order valence-electron chi connectivity index (χ1n) is 11.8. The third kappa shape index (κ3) is 5.14. The molecule has 2 fully saturated rings. The molecule has 0 spiro atoms. The lowest BCUT2D eigenvalue weighted by Gasteiger charge is -2.41. The first-order valence-corrected chi connectivity index (χ1v) is 11.8. The summed E-state index contributed by atoms with van der Waals surface area (Å²) < 4.78 is 0. The van der Waals surface area contributed by atoms with Crippen LogP contribution in [0.15, 0.2) is 24.3 Å². The van der Waals surface area contributed by atoms with E-state index in [1.165, 1.54) is 82.6 Å². The molecule has 0 aromatic heterocycles. The molecule has 26 heavy (non-hydrogen) atoms. The largest absolute Gasteiger partial charge is 0.0654 e. The van der Waals surface area contributed by atoms with Crippen LogP contribution in [0.25, 0.3) is 0 Å². The van der Waals surface area contributed by atoms with Crippen LogP contribution in [-0.2, 0) is 6.42 Å². The highest BCUT2D eigenvalue weighted by Crippen LogP contribution is 2.46. The molecule has 2 saturated carbocycles. The fourth-order valence-electron chi connectivity index (χ4n) is 6.03. The number of hydrogen-bond donors (Lipinski definition) is 0. The molecule has 146 valence electrons. The second-order valence-electron chi connectivity index (χ2n) is 9.57. The molecule has 2 aliphatic rings. The van der Waals surface area contributed by atoms with Crippen molar-refractivity contribution in [2.75, 3.05) is 0 Å². The predicted octanol–water partition coefficient (Wildman–Crippen LogP) is 8.16. The Morgan fingerprint density at radius 1 is 0.808 bits per heavy atom. The number of benzene rings is 1. The summed E-state index contributed by atoms with van der Waals surface area (Å²) in [4.78, 5) is 0. The number of unbranched alkanes of at least 4 members (excludes halogenated alkanes) is 1. The third-order valence-corrected chi connectivity index (χ3v) is 7.69. The third-order valence-electron chi connectivity index (χ3n) is 7.69. The van der Waals surface area contributed by atoms with Gasteiger partial charge in [-0.15, -0.1) is 0 Å². The molecule has 0 aliphatic heterocycles. The Balaban J connectivity index is 1.50. The zero-order valence-electron chi connectivity index (χ0n) is 17.7. The quantitative estimate of drug-likeness (QED) is 0.463. The Hall–Kier alpha value is -0.780. The molecule has 3 atom stereocenters. The van der Waals surface area contributed by atoms with E-state index in [-0.39, 0.29) is 0 Å². The maximum atomic E-state index is 2.53. The molecule has 0 amide bonds. The predicted molar refractivity (Wildman–Crippen MR) is 115 cm³/mol. The maximum Gasteiger partial charge on any atom is -0.0136 e. The number of hydrogen-bond acceptors (Lipinski definition) is 0. The summed E-state index contributed by atoms with van der Waals surface area (Å²) >= 11 is 0. The van der Waals surface area contributed by atoms with Crippen LogP contribution in [-0.4, -0.2) is 0 Å². The summed E-state index contributed by atoms with van der Waals surface area (Å²) in [5, 5.41) is 0. The van der Waals surface area contributed by atoms with E-state index in [2.05, 4.69) is 45.0 Å². The summed E-state index contributed by atoms with van der Waals surface area (Å²) in [7, 11) is 0. The van der Waals surface area contributed by atoms with Gasteiger partial charge in [-0.1, -0.05) is 77.1 Å². The van der Waals surface area contributed by atoms with Gasteiger partial charge in [0.15, 0.2) is 0 Å². The fourth-order valence-corrected chi connectivity index (χ4v) is 6.03. The van der Waals surface area contributed by atoms with Crippen LogP contribution in [0, 0.1) is 23.7 Å². The van der Waals surface area contributed by atoms with Gasteiger partial charge in [-0.2, -0.15) is 0 Å². The number of rotatable bonds is 7. The average Bonchev–Trinajstić information content (AvgIpc) is 2.68. The van der Waals surface area contributed by atoms with Gasteiger partial charge < -0.3 is 0 Å². The van der Waals surface area contributed by atoms with E-state index in [9.17, 15) is 0 Å². The molecule has 0 N–H and O–H groups in total. The van der Waals surface area contributed by atoms with Crippen molar-refractivity contribution in [3.05, 3.63) is 35.4 Å². The molecule has 3 rings (SSSR count). The SMILES string of the molecule is CCCCc1ccc(C2CCC([C@H]3CC[C@H](CCC)CC3)CC2C)cc1. The minimum atomic E-state index is 0.808. The van der Waals surface area contributed by atoms with Gasteiger partial charge in [0.2, 0.25) is 0 Å². The highest BCUT2D eigenvalue weighted by Gasteiger charge is 2.34. The minimum Gasteiger partial charge on any atom is -0.0654 e. The second kappa shape index (κ2) is 9.95. The average molecular weight is 355 g/mol. The lowest BCUT2D eigenvalue weighted by Crippen LogP contribution is -2.29. The van der Waals surface area contributed by atoms with Crippen molar-refractivity contribution in [1.82, 2.24) is 0 Å². The first kappa shape index (κ1) is 20.0. The van der Waals surface area contributed by atoms with Crippen molar-refractivity contribution in [2.24, 2.45) is 23.7 Å². The van der Waals surface area contributed by atoms with Crippen LogP contribution in [0.3, 0.4) is 0 Å². The van der Waals surface area contributed by atoms with Crippen molar-refractivity contribution in [3.8, 4) is 0 Å². The maximum absolute atomic E-state index is 2.53. The van der Waals surface area contributed by atoms with Crippen LogP contribution < -0.4 is 0 Å². The van der Waals surface area contributed by atoms with Gasteiger partial charge in [0.25, 0.3) is 0 Å². The zero-order chi connectivity index (χ0) is 18.4. The molecule has 0 saturated heterocycles. The van der Waals surface area contributed by atoms with E-state index in [0.29, 0.717) is 0 Å². The molecule has 0 heterocycles. The van der Waals surface area contributed by atoms with Crippen LogP contribution in [0.4, 0.5) is 0 Å². The zero-order valence-corrected chi connectivity index (χ0v) is 17.7. The summed E-state index contributed by atoms with van der Waals surface area (Å²) in [6, 6.07) is 9.70. The molecule has 3 unspecified atom stereocenters. The molecule has 0 nitrogen and oxygen atoms in total. The van der Waals surface area contributed by atoms with Gasteiger partial charge in [-0.25, -0.2) is 0 Å². The van der Waals surface area contributed by atoms with Crippen LogP contribution in [0.2, 0.25) is 0 Å². The molecular formula is C26H42. The highest BCUT2D eigenvalue weighted by atomic mass is 14.4. The van der Waals surface area contributed by atoms with E-state index < -0.39 is 0 Å². The lowest BCUT2D eigenvalue weighted by molar-refractivity contribution is 0.130. The minimum absolute atomic E-state index is 0.808. The van der Waals surface area contributed by atoms with Crippen molar-refractivity contribution >= 4 is 0 Å². The van der Waals surface area contributed by atoms with Crippen molar-refractivity contribution in [1.29, 1.82) is 0 Å². The van der Waals surface area contributed by atoms with Crippen LogP contribution >= 0.6 is 0 Å². The van der Waals surface area contributed by atoms with Crippen LogP contribution in [0.1, 0.15) is 108 Å². The normalized spacial score (nSPS) is 32.5. The first-order chi connectivity index (χ1) is 12.7. The van der Waals surface area contributed by atoms with Crippen molar-refractivity contribution < 1.29 is 0 Å².